The number of para-hydroxylation sites is 1. The Morgan fingerprint density at radius 2 is 2.12 bits per heavy atom. The fraction of sp³-hybridized carbons (Fsp3) is 0.421. The van der Waals surface area contributed by atoms with E-state index in [0.29, 0.717) is 5.69 Å². The molecule has 0 saturated carbocycles. The Balaban J connectivity index is 1.62. The second kappa shape index (κ2) is 6.35. The van der Waals surface area contributed by atoms with Crippen molar-refractivity contribution in [2.24, 2.45) is 0 Å². The maximum atomic E-state index is 13.2. The molecule has 25 heavy (non-hydrogen) atoms. The molecule has 1 amide bonds. The number of rotatable bonds is 3. The molecule has 0 bridgehead atoms. The summed E-state index contributed by atoms with van der Waals surface area (Å²) in [7, 11) is 0. The molecule has 1 fully saturated rings. The third kappa shape index (κ3) is 2.92. The van der Waals surface area contributed by atoms with Crippen LogP contribution in [0.1, 0.15) is 41.1 Å². The van der Waals surface area contributed by atoms with E-state index in [1.54, 1.807) is 0 Å². The zero-order valence-electron chi connectivity index (χ0n) is 14.7. The Labute approximate surface area is 146 Å². The number of aromatic nitrogens is 4. The summed E-state index contributed by atoms with van der Waals surface area (Å²) in [6.07, 6.45) is 3.20. The van der Waals surface area contributed by atoms with Gasteiger partial charge >= 0.3 is 0 Å². The molecule has 1 aliphatic rings. The summed E-state index contributed by atoms with van der Waals surface area (Å²) in [6.45, 7) is 5.59. The molecule has 6 nitrogen and oxygen atoms in total. The molecule has 130 valence electrons. The number of piperidine rings is 1. The standard InChI is InChI=1S/C19H23N5O/c1-13-11-14(2)24(22-13)12-15-7-5-6-10-23(15)19(25)18-16-8-3-4-9-17(16)20-21-18/h3-4,8-9,11,15H,5-7,10,12H2,1-2H3,(H,20,21)/t15-/m0/s1. The molecule has 0 spiro atoms. The van der Waals surface area contributed by atoms with Crippen molar-refractivity contribution in [1.82, 2.24) is 24.9 Å². The van der Waals surface area contributed by atoms with Gasteiger partial charge in [0, 0.05) is 17.6 Å². The van der Waals surface area contributed by atoms with E-state index in [1.807, 2.05) is 40.8 Å². The molecule has 6 heteroatoms. The van der Waals surface area contributed by atoms with E-state index >= 15 is 0 Å². The average Bonchev–Trinajstić information content (AvgIpc) is 3.18. The number of carbonyl (C=O) groups is 1. The number of carbonyl (C=O) groups excluding carboxylic acids is 1. The summed E-state index contributed by atoms with van der Waals surface area (Å²) in [4.78, 5) is 15.2. The van der Waals surface area contributed by atoms with Gasteiger partial charge in [0.1, 0.15) is 0 Å². The Hall–Kier alpha value is -2.63. The van der Waals surface area contributed by atoms with Crippen LogP contribution in [0.4, 0.5) is 0 Å². The third-order valence-corrected chi connectivity index (χ3v) is 5.05. The van der Waals surface area contributed by atoms with Crippen molar-refractivity contribution in [3.8, 4) is 0 Å². The van der Waals surface area contributed by atoms with Gasteiger partial charge in [-0.3, -0.25) is 14.6 Å². The highest BCUT2D eigenvalue weighted by atomic mass is 16.2. The third-order valence-electron chi connectivity index (χ3n) is 5.05. The summed E-state index contributed by atoms with van der Waals surface area (Å²) in [5.74, 6) is 0.0173. The molecule has 2 aromatic heterocycles. The minimum atomic E-state index is 0.0173. The highest BCUT2D eigenvalue weighted by Crippen LogP contribution is 2.24. The Morgan fingerprint density at radius 1 is 1.28 bits per heavy atom. The molecule has 0 aliphatic carbocycles. The number of hydrogen-bond acceptors (Lipinski definition) is 3. The first-order valence-corrected chi connectivity index (χ1v) is 8.88. The summed E-state index contributed by atoms with van der Waals surface area (Å²) < 4.78 is 2.02. The smallest absolute Gasteiger partial charge is 0.275 e. The number of nitrogens with zero attached hydrogens (tertiary/aromatic N) is 4. The minimum absolute atomic E-state index is 0.0173. The SMILES string of the molecule is Cc1cc(C)n(C[C@@H]2CCCCN2C(=O)c2n[nH]c3ccccc23)n1. The lowest BCUT2D eigenvalue weighted by Gasteiger charge is -2.35. The van der Waals surface area contributed by atoms with Crippen molar-refractivity contribution in [2.75, 3.05) is 6.54 Å². The van der Waals surface area contributed by atoms with E-state index < -0.39 is 0 Å². The van der Waals surface area contributed by atoms with Gasteiger partial charge in [0.25, 0.3) is 5.91 Å². The number of benzene rings is 1. The van der Waals surface area contributed by atoms with Gasteiger partial charge in [-0.15, -0.1) is 0 Å². The van der Waals surface area contributed by atoms with E-state index in [-0.39, 0.29) is 11.9 Å². The predicted octanol–water partition coefficient (Wildman–Crippen LogP) is 3.07. The molecule has 0 unspecified atom stereocenters. The fourth-order valence-corrected chi connectivity index (χ4v) is 3.78. The van der Waals surface area contributed by atoms with E-state index in [9.17, 15) is 4.79 Å². The van der Waals surface area contributed by atoms with Gasteiger partial charge in [-0.2, -0.15) is 10.2 Å². The van der Waals surface area contributed by atoms with Crippen LogP contribution < -0.4 is 0 Å². The van der Waals surface area contributed by atoms with Crippen molar-refractivity contribution < 1.29 is 4.79 Å². The van der Waals surface area contributed by atoms with E-state index in [2.05, 4.69) is 28.3 Å². The van der Waals surface area contributed by atoms with Crippen LogP contribution in [-0.2, 0) is 6.54 Å². The van der Waals surface area contributed by atoms with Crippen molar-refractivity contribution in [3.63, 3.8) is 0 Å². The highest BCUT2D eigenvalue weighted by Gasteiger charge is 2.30. The highest BCUT2D eigenvalue weighted by molar-refractivity contribution is 6.04. The Morgan fingerprint density at radius 3 is 2.92 bits per heavy atom. The molecule has 3 aromatic rings. The maximum absolute atomic E-state index is 13.2. The summed E-state index contributed by atoms with van der Waals surface area (Å²) in [6, 6.07) is 10.0. The number of fused-ring (bicyclic) bond motifs is 1. The molecular weight excluding hydrogens is 314 g/mol. The molecule has 1 N–H and O–H groups in total. The van der Waals surface area contributed by atoms with E-state index in [1.165, 1.54) is 0 Å². The Kier molecular flexibility index (Phi) is 4.03. The summed E-state index contributed by atoms with van der Waals surface area (Å²) in [5, 5.41) is 12.7. The summed E-state index contributed by atoms with van der Waals surface area (Å²) in [5.41, 5.74) is 3.58. The molecule has 3 heterocycles. The molecule has 0 radical (unpaired) electrons. The van der Waals surface area contributed by atoms with Gasteiger partial charge in [0.05, 0.1) is 23.8 Å². The van der Waals surface area contributed by atoms with Crippen LogP contribution in [0.25, 0.3) is 10.9 Å². The molecule has 1 atom stereocenters. The number of aryl methyl sites for hydroxylation is 2. The van der Waals surface area contributed by atoms with Crippen LogP contribution in [0.15, 0.2) is 30.3 Å². The van der Waals surface area contributed by atoms with Gasteiger partial charge in [0.2, 0.25) is 0 Å². The summed E-state index contributed by atoms with van der Waals surface area (Å²) >= 11 is 0. The van der Waals surface area contributed by atoms with Gasteiger partial charge in [0.15, 0.2) is 5.69 Å². The average molecular weight is 337 g/mol. The van der Waals surface area contributed by atoms with E-state index in [4.69, 9.17) is 0 Å². The number of H-pyrrole nitrogens is 1. The number of hydrogen-bond donors (Lipinski definition) is 1. The minimum Gasteiger partial charge on any atom is -0.332 e. The zero-order valence-corrected chi connectivity index (χ0v) is 14.7. The molecule has 1 aliphatic heterocycles. The number of nitrogens with one attached hydrogen (secondary N) is 1. The van der Waals surface area contributed by atoms with Gasteiger partial charge < -0.3 is 4.90 Å². The van der Waals surface area contributed by atoms with E-state index in [0.717, 1.165) is 54.6 Å². The lowest BCUT2D eigenvalue weighted by atomic mass is 10.0. The van der Waals surface area contributed by atoms with Crippen molar-refractivity contribution in [1.29, 1.82) is 0 Å². The maximum Gasteiger partial charge on any atom is 0.275 e. The first kappa shape index (κ1) is 15.9. The second-order valence-electron chi connectivity index (χ2n) is 6.88. The van der Waals surface area contributed by atoms with Crippen LogP contribution in [-0.4, -0.2) is 43.4 Å². The molecular formula is C19H23N5O. The van der Waals surface area contributed by atoms with Gasteiger partial charge in [-0.05, 0) is 45.2 Å². The predicted molar refractivity (Wildman–Crippen MR) is 96.5 cm³/mol. The lowest BCUT2D eigenvalue weighted by molar-refractivity contribution is 0.0578. The van der Waals surface area contributed by atoms with Crippen LogP contribution >= 0.6 is 0 Å². The zero-order chi connectivity index (χ0) is 17.4. The van der Waals surface area contributed by atoms with Gasteiger partial charge in [-0.1, -0.05) is 18.2 Å². The van der Waals surface area contributed by atoms with Crippen LogP contribution in [0.5, 0.6) is 0 Å². The lowest BCUT2D eigenvalue weighted by Crippen LogP contribution is -2.46. The largest absolute Gasteiger partial charge is 0.332 e. The molecule has 4 rings (SSSR count). The molecule has 1 aromatic carbocycles. The number of amides is 1. The second-order valence-corrected chi connectivity index (χ2v) is 6.88. The first-order chi connectivity index (χ1) is 12.1. The monoisotopic (exact) mass is 337 g/mol. The van der Waals surface area contributed by atoms with Crippen LogP contribution in [0.2, 0.25) is 0 Å². The van der Waals surface area contributed by atoms with Crippen LogP contribution in [0, 0.1) is 13.8 Å². The van der Waals surface area contributed by atoms with Crippen molar-refractivity contribution in [3.05, 3.63) is 47.4 Å². The normalized spacial score (nSPS) is 18.0. The number of aromatic amines is 1. The van der Waals surface area contributed by atoms with Crippen molar-refractivity contribution in [2.45, 2.75) is 45.7 Å². The fourth-order valence-electron chi connectivity index (χ4n) is 3.78. The quantitative estimate of drug-likeness (QED) is 0.799. The topological polar surface area (TPSA) is 66.8 Å². The first-order valence-electron chi connectivity index (χ1n) is 8.88. The Bertz CT molecular complexity index is 910. The molecule has 1 saturated heterocycles. The number of likely N-dealkylation sites (tertiary alicyclic amines) is 1. The van der Waals surface area contributed by atoms with Gasteiger partial charge in [-0.25, -0.2) is 0 Å². The van der Waals surface area contributed by atoms with Crippen molar-refractivity contribution >= 4 is 16.8 Å². The van der Waals surface area contributed by atoms with Crippen LogP contribution in [0.3, 0.4) is 0 Å².